The lowest BCUT2D eigenvalue weighted by atomic mass is 10.0. The average molecular weight is 287 g/mol. The lowest BCUT2D eigenvalue weighted by molar-refractivity contribution is -0.154. The van der Waals surface area contributed by atoms with Crippen molar-refractivity contribution in [3.05, 3.63) is 0 Å². The summed E-state index contributed by atoms with van der Waals surface area (Å²) in [6, 6.07) is -0.952. The maximum Gasteiger partial charge on any atom is 0.326 e. The molecule has 0 bridgehead atoms. The molecule has 0 saturated heterocycles. The van der Waals surface area contributed by atoms with Crippen LogP contribution in [0.25, 0.3) is 0 Å². The van der Waals surface area contributed by atoms with Gasteiger partial charge in [-0.2, -0.15) is 0 Å². The van der Waals surface area contributed by atoms with Crippen LogP contribution < -0.4 is 0 Å². The van der Waals surface area contributed by atoms with E-state index in [0.717, 1.165) is 6.42 Å². The molecule has 0 aromatic heterocycles. The van der Waals surface area contributed by atoms with Gasteiger partial charge in [0.1, 0.15) is 6.04 Å². The molecule has 0 fully saturated rings. The fraction of sp³-hybridized carbons (Fsp3) is 0.786. The average Bonchev–Trinajstić information content (AvgIpc) is 2.35. The molecule has 0 rings (SSSR count). The number of aliphatic carboxylic acids is 2. The van der Waals surface area contributed by atoms with E-state index in [2.05, 4.69) is 0 Å². The second-order valence-electron chi connectivity index (χ2n) is 5.38. The molecule has 20 heavy (non-hydrogen) atoms. The van der Waals surface area contributed by atoms with E-state index in [1.165, 1.54) is 11.8 Å². The standard InChI is InChI=1S/C14H25NO5/c1-5-6-7-11(14(19)20)15(12(16)9(2)3)8-10(4)13(17)18/h9-11H,5-8H2,1-4H3,(H,17,18)(H,19,20). The van der Waals surface area contributed by atoms with Crippen molar-refractivity contribution in [3.8, 4) is 0 Å². The lowest BCUT2D eigenvalue weighted by Gasteiger charge is -2.31. The third kappa shape index (κ3) is 5.59. The van der Waals surface area contributed by atoms with E-state index in [9.17, 15) is 19.5 Å². The van der Waals surface area contributed by atoms with E-state index in [4.69, 9.17) is 5.11 Å². The van der Waals surface area contributed by atoms with E-state index in [1.54, 1.807) is 13.8 Å². The minimum Gasteiger partial charge on any atom is -0.481 e. The Morgan fingerprint density at radius 2 is 1.60 bits per heavy atom. The molecule has 0 heterocycles. The fourth-order valence-corrected chi connectivity index (χ4v) is 1.89. The topological polar surface area (TPSA) is 94.9 Å². The SMILES string of the molecule is CCCCC(C(=O)O)N(CC(C)C(=O)O)C(=O)C(C)C. The second-order valence-corrected chi connectivity index (χ2v) is 5.38. The molecular formula is C14H25NO5. The highest BCUT2D eigenvalue weighted by molar-refractivity contribution is 5.85. The van der Waals surface area contributed by atoms with Crippen molar-refractivity contribution in [2.24, 2.45) is 11.8 Å². The third-order valence-corrected chi connectivity index (χ3v) is 3.16. The van der Waals surface area contributed by atoms with E-state index < -0.39 is 23.9 Å². The summed E-state index contributed by atoms with van der Waals surface area (Å²) >= 11 is 0. The summed E-state index contributed by atoms with van der Waals surface area (Å²) in [6.45, 7) is 6.70. The maximum absolute atomic E-state index is 12.2. The first-order valence-electron chi connectivity index (χ1n) is 6.98. The van der Waals surface area contributed by atoms with E-state index in [1.807, 2.05) is 6.92 Å². The van der Waals surface area contributed by atoms with Gasteiger partial charge in [-0.05, 0) is 6.42 Å². The maximum atomic E-state index is 12.2. The van der Waals surface area contributed by atoms with Gasteiger partial charge in [0.25, 0.3) is 0 Å². The highest BCUT2D eigenvalue weighted by atomic mass is 16.4. The molecule has 6 heteroatoms. The van der Waals surface area contributed by atoms with E-state index in [0.29, 0.717) is 12.8 Å². The fourth-order valence-electron chi connectivity index (χ4n) is 1.89. The Morgan fingerprint density at radius 3 is 1.95 bits per heavy atom. The summed E-state index contributed by atoms with van der Waals surface area (Å²) < 4.78 is 0. The van der Waals surface area contributed by atoms with Crippen molar-refractivity contribution >= 4 is 17.8 Å². The molecule has 2 unspecified atom stereocenters. The highest BCUT2D eigenvalue weighted by Crippen LogP contribution is 2.16. The van der Waals surface area contributed by atoms with Crippen LogP contribution in [0.15, 0.2) is 0 Å². The van der Waals surface area contributed by atoms with Gasteiger partial charge in [0.15, 0.2) is 0 Å². The van der Waals surface area contributed by atoms with Gasteiger partial charge in [0.2, 0.25) is 5.91 Å². The number of unbranched alkanes of at least 4 members (excludes halogenated alkanes) is 1. The zero-order chi connectivity index (χ0) is 15.9. The number of hydrogen-bond donors (Lipinski definition) is 2. The van der Waals surface area contributed by atoms with Crippen LogP contribution in [0.4, 0.5) is 0 Å². The predicted octanol–water partition coefficient (Wildman–Crippen LogP) is 1.84. The lowest BCUT2D eigenvalue weighted by Crippen LogP contribution is -2.49. The molecular weight excluding hydrogens is 262 g/mol. The largest absolute Gasteiger partial charge is 0.481 e. The number of carbonyl (C=O) groups is 3. The summed E-state index contributed by atoms with van der Waals surface area (Å²) in [7, 11) is 0. The Hall–Kier alpha value is -1.59. The number of carbonyl (C=O) groups excluding carboxylic acids is 1. The smallest absolute Gasteiger partial charge is 0.326 e. The van der Waals surface area contributed by atoms with Crippen LogP contribution in [-0.4, -0.2) is 45.5 Å². The Kier molecular flexibility index (Phi) is 7.87. The first-order valence-corrected chi connectivity index (χ1v) is 6.98. The minimum absolute atomic E-state index is 0.0764. The third-order valence-electron chi connectivity index (χ3n) is 3.16. The van der Waals surface area contributed by atoms with Gasteiger partial charge in [-0.3, -0.25) is 9.59 Å². The second kappa shape index (κ2) is 8.55. The summed E-state index contributed by atoms with van der Waals surface area (Å²) in [5.74, 6) is -3.58. The molecule has 1 amide bonds. The van der Waals surface area contributed by atoms with Crippen LogP contribution in [0.5, 0.6) is 0 Å². The van der Waals surface area contributed by atoms with Gasteiger partial charge in [0.05, 0.1) is 5.92 Å². The highest BCUT2D eigenvalue weighted by Gasteiger charge is 2.32. The molecule has 6 nitrogen and oxygen atoms in total. The summed E-state index contributed by atoms with van der Waals surface area (Å²) in [6.07, 6.45) is 1.85. The Labute approximate surface area is 119 Å². The van der Waals surface area contributed by atoms with Gasteiger partial charge < -0.3 is 15.1 Å². The summed E-state index contributed by atoms with van der Waals surface area (Å²) in [5.41, 5.74) is 0. The van der Waals surface area contributed by atoms with Gasteiger partial charge in [-0.1, -0.05) is 40.5 Å². The van der Waals surface area contributed by atoms with Crippen LogP contribution in [0.3, 0.4) is 0 Å². The van der Waals surface area contributed by atoms with Crippen molar-refractivity contribution in [2.45, 2.75) is 53.0 Å². The molecule has 116 valence electrons. The first kappa shape index (κ1) is 18.4. The molecule has 0 aromatic carbocycles. The number of amides is 1. The van der Waals surface area contributed by atoms with Crippen molar-refractivity contribution in [1.82, 2.24) is 4.90 Å². The zero-order valence-electron chi connectivity index (χ0n) is 12.6. The number of carboxylic acids is 2. The number of rotatable bonds is 9. The van der Waals surface area contributed by atoms with Gasteiger partial charge >= 0.3 is 11.9 Å². The van der Waals surface area contributed by atoms with Crippen LogP contribution >= 0.6 is 0 Å². The van der Waals surface area contributed by atoms with Gasteiger partial charge in [0, 0.05) is 12.5 Å². The van der Waals surface area contributed by atoms with Crippen LogP contribution in [-0.2, 0) is 14.4 Å². The molecule has 0 aliphatic heterocycles. The quantitative estimate of drug-likeness (QED) is 0.674. The molecule has 2 N–H and O–H groups in total. The molecule has 0 radical (unpaired) electrons. The molecule has 2 atom stereocenters. The van der Waals surface area contributed by atoms with Gasteiger partial charge in [-0.25, -0.2) is 4.79 Å². The normalized spacial score (nSPS) is 13.8. The van der Waals surface area contributed by atoms with E-state index >= 15 is 0 Å². The minimum atomic E-state index is -1.08. The van der Waals surface area contributed by atoms with Crippen LogP contribution in [0, 0.1) is 11.8 Å². The molecule has 0 spiro atoms. The zero-order valence-corrected chi connectivity index (χ0v) is 12.6. The molecule has 0 aromatic rings. The molecule has 0 aliphatic rings. The number of carboxylic acid groups (broad SMARTS) is 2. The monoisotopic (exact) mass is 287 g/mol. The van der Waals surface area contributed by atoms with E-state index in [-0.39, 0.29) is 18.4 Å². The van der Waals surface area contributed by atoms with Crippen molar-refractivity contribution in [3.63, 3.8) is 0 Å². The van der Waals surface area contributed by atoms with Crippen molar-refractivity contribution < 1.29 is 24.6 Å². The number of nitrogens with zero attached hydrogens (tertiary/aromatic N) is 1. The summed E-state index contributed by atoms with van der Waals surface area (Å²) in [5, 5.41) is 18.3. The van der Waals surface area contributed by atoms with Crippen LogP contribution in [0.2, 0.25) is 0 Å². The Bertz CT molecular complexity index is 353. The first-order chi connectivity index (χ1) is 9.22. The Morgan fingerprint density at radius 1 is 1.05 bits per heavy atom. The Balaban J connectivity index is 5.18. The van der Waals surface area contributed by atoms with Crippen molar-refractivity contribution in [1.29, 1.82) is 0 Å². The molecule has 0 saturated carbocycles. The van der Waals surface area contributed by atoms with Crippen molar-refractivity contribution in [2.75, 3.05) is 6.54 Å². The predicted molar refractivity (Wildman–Crippen MR) is 74.3 cm³/mol. The van der Waals surface area contributed by atoms with Crippen LogP contribution in [0.1, 0.15) is 47.0 Å². The van der Waals surface area contributed by atoms with Gasteiger partial charge in [-0.15, -0.1) is 0 Å². The number of hydrogen-bond acceptors (Lipinski definition) is 3. The summed E-state index contributed by atoms with van der Waals surface area (Å²) in [4.78, 5) is 35.7. The molecule has 0 aliphatic carbocycles.